The smallest absolute Gasteiger partial charge is 0.295 e. The summed E-state index contributed by atoms with van der Waals surface area (Å²) < 4.78 is 19.1. The summed E-state index contributed by atoms with van der Waals surface area (Å²) in [4.78, 5) is 31.3. The topological polar surface area (TPSA) is 79.7 Å². The number of amides is 1. The summed E-state index contributed by atoms with van der Waals surface area (Å²) >= 11 is 0. The van der Waals surface area contributed by atoms with Crippen molar-refractivity contribution in [1.29, 1.82) is 0 Å². The summed E-state index contributed by atoms with van der Waals surface area (Å²) in [7, 11) is 1.33. The lowest BCUT2D eigenvalue weighted by Gasteiger charge is -2.25. The van der Waals surface area contributed by atoms with Gasteiger partial charge in [-0.2, -0.15) is 0 Å². The molecular formula is C24H19FN2O4. The molecule has 6 nitrogen and oxygen atoms in total. The van der Waals surface area contributed by atoms with Crippen molar-refractivity contribution in [1.82, 2.24) is 9.88 Å². The molecule has 1 N–H and O–H groups in total. The SMILES string of the molecule is COc1ccc(/C(O)=C2\C(=O)C(=O)N(Cc3ccncc3)C2c2ccccc2)cc1F. The van der Waals surface area contributed by atoms with Gasteiger partial charge in [0.2, 0.25) is 0 Å². The van der Waals surface area contributed by atoms with Crippen molar-refractivity contribution in [2.75, 3.05) is 7.11 Å². The highest BCUT2D eigenvalue weighted by Crippen LogP contribution is 2.40. The second-order valence-electron chi connectivity index (χ2n) is 7.04. The Morgan fingerprint density at radius 3 is 2.45 bits per heavy atom. The summed E-state index contributed by atoms with van der Waals surface area (Å²) in [5, 5.41) is 11.0. The molecule has 3 aromatic rings. The number of ether oxygens (including phenoxy) is 1. The number of halogens is 1. The predicted molar refractivity (Wildman–Crippen MR) is 111 cm³/mol. The van der Waals surface area contributed by atoms with Gasteiger partial charge in [0.25, 0.3) is 11.7 Å². The van der Waals surface area contributed by atoms with Gasteiger partial charge in [-0.3, -0.25) is 14.6 Å². The number of rotatable bonds is 5. The molecule has 0 spiro atoms. The predicted octanol–water partition coefficient (Wildman–Crippen LogP) is 3.85. The quantitative estimate of drug-likeness (QED) is 0.387. The zero-order valence-corrected chi connectivity index (χ0v) is 16.7. The first kappa shape index (κ1) is 20.3. The van der Waals surface area contributed by atoms with E-state index in [2.05, 4.69) is 4.98 Å². The maximum Gasteiger partial charge on any atom is 0.295 e. The zero-order chi connectivity index (χ0) is 22.0. The number of pyridine rings is 1. The Morgan fingerprint density at radius 2 is 1.81 bits per heavy atom. The van der Waals surface area contributed by atoms with Gasteiger partial charge in [-0.1, -0.05) is 30.3 Å². The maximum absolute atomic E-state index is 14.2. The fourth-order valence-corrected chi connectivity index (χ4v) is 3.68. The molecule has 1 unspecified atom stereocenters. The molecule has 7 heteroatoms. The Kier molecular flexibility index (Phi) is 5.49. The minimum Gasteiger partial charge on any atom is -0.507 e. The van der Waals surface area contributed by atoms with E-state index in [1.807, 2.05) is 6.07 Å². The summed E-state index contributed by atoms with van der Waals surface area (Å²) in [6, 6.07) is 15.5. The summed E-state index contributed by atoms with van der Waals surface area (Å²) in [6.45, 7) is 0.153. The van der Waals surface area contributed by atoms with Crippen molar-refractivity contribution in [3.63, 3.8) is 0 Å². The number of ketones is 1. The molecule has 4 rings (SSSR count). The van der Waals surface area contributed by atoms with Crippen molar-refractivity contribution >= 4 is 17.4 Å². The van der Waals surface area contributed by atoms with Gasteiger partial charge in [-0.25, -0.2) is 4.39 Å². The molecule has 1 atom stereocenters. The third-order valence-electron chi connectivity index (χ3n) is 5.18. The number of nitrogens with zero attached hydrogens (tertiary/aromatic N) is 2. The second kappa shape index (κ2) is 8.39. The number of likely N-dealkylation sites (tertiary alicyclic amines) is 1. The Hall–Kier alpha value is -4.00. The molecule has 1 aromatic heterocycles. The van der Waals surface area contributed by atoms with E-state index in [9.17, 15) is 19.1 Å². The highest BCUT2D eigenvalue weighted by molar-refractivity contribution is 6.46. The van der Waals surface area contributed by atoms with Gasteiger partial charge >= 0.3 is 0 Å². The molecule has 0 aliphatic carbocycles. The van der Waals surface area contributed by atoms with E-state index in [0.717, 1.165) is 11.6 Å². The van der Waals surface area contributed by atoms with Crippen molar-refractivity contribution in [3.8, 4) is 5.75 Å². The molecule has 156 valence electrons. The Labute approximate surface area is 178 Å². The van der Waals surface area contributed by atoms with Crippen LogP contribution in [0.4, 0.5) is 4.39 Å². The molecule has 1 aliphatic heterocycles. The molecular weight excluding hydrogens is 399 g/mol. The Bertz CT molecular complexity index is 1160. The van der Waals surface area contributed by atoms with Crippen molar-refractivity contribution in [3.05, 3.63) is 101 Å². The lowest BCUT2D eigenvalue weighted by molar-refractivity contribution is -0.140. The summed E-state index contributed by atoms with van der Waals surface area (Å²) in [6.07, 6.45) is 3.20. The number of aromatic nitrogens is 1. The number of aliphatic hydroxyl groups is 1. The largest absolute Gasteiger partial charge is 0.507 e. The van der Waals surface area contributed by atoms with E-state index in [-0.39, 0.29) is 23.4 Å². The van der Waals surface area contributed by atoms with E-state index in [1.54, 1.807) is 48.8 Å². The number of methoxy groups -OCH3 is 1. The van der Waals surface area contributed by atoms with E-state index >= 15 is 0 Å². The summed E-state index contributed by atoms with van der Waals surface area (Å²) in [5.74, 6) is -2.67. The second-order valence-corrected chi connectivity index (χ2v) is 7.04. The Balaban J connectivity index is 1.85. The minimum atomic E-state index is -0.823. The third kappa shape index (κ3) is 3.77. The van der Waals surface area contributed by atoms with E-state index in [0.29, 0.717) is 5.56 Å². The molecule has 31 heavy (non-hydrogen) atoms. The average molecular weight is 418 g/mol. The fraction of sp³-hybridized carbons (Fsp3) is 0.125. The van der Waals surface area contributed by atoms with Crippen LogP contribution in [0.25, 0.3) is 5.76 Å². The summed E-state index contributed by atoms with van der Waals surface area (Å²) in [5.41, 5.74) is 1.44. The van der Waals surface area contributed by atoms with E-state index in [1.165, 1.54) is 24.1 Å². The van der Waals surface area contributed by atoms with Crippen LogP contribution in [0.2, 0.25) is 0 Å². The van der Waals surface area contributed by atoms with Crippen molar-refractivity contribution in [2.45, 2.75) is 12.6 Å². The highest BCUT2D eigenvalue weighted by atomic mass is 19.1. The molecule has 2 aromatic carbocycles. The monoisotopic (exact) mass is 418 g/mol. The number of Topliss-reactive ketones (excluding diaryl/α,β-unsaturated/α-hetero) is 1. The fourth-order valence-electron chi connectivity index (χ4n) is 3.68. The van der Waals surface area contributed by atoms with Gasteiger partial charge in [0, 0.05) is 24.5 Å². The third-order valence-corrected chi connectivity index (χ3v) is 5.18. The first-order valence-corrected chi connectivity index (χ1v) is 9.57. The normalized spacial score (nSPS) is 17.7. The molecule has 0 saturated carbocycles. The van der Waals surface area contributed by atoms with Crippen LogP contribution >= 0.6 is 0 Å². The molecule has 0 bridgehead atoms. The number of benzene rings is 2. The van der Waals surface area contributed by atoms with Crippen molar-refractivity contribution < 1.29 is 23.8 Å². The number of carbonyl (C=O) groups is 2. The van der Waals surface area contributed by atoms with Crippen LogP contribution < -0.4 is 4.74 Å². The molecule has 2 heterocycles. The Morgan fingerprint density at radius 1 is 1.10 bits per heavy atom. The van der Waals surface area contributed by atoms with Crippen LogP contribution in [0.3, 0.4) is 0 Å². The van der Waals surface area contributed by atoms with Crippen LogP contribution in [-0.4, -0.2) is 33.8 Å². The molecule has 1 amide bonds. The molecule has 1 fully saturated rings. The first-order valence-electron chi connectivity index (χ1n) is 9.57. The van der Waals surface area contributed by atoms with Crippen LogP contribution in [0.15, 0.2) is 78.6 Å². The minimum absolute atomic E-state index is 0.00861. The molecule has 1 aliphatic rings. The average Bonchev–Trinajstić information content (AvgIpc) is 3.04. The van der Waals surface area contributed by atoms with E-state index in [4.69, 9.17) is 4.74 Å². The van der Waals surface area contributed by atoms with Gasteiger partial charge in [-0.05, 0) is 41.5 Å². The lowest BCUT2D eigenvalue weighted by Crippen LogP contribution is -2.29. The van der Waals surface area contributed by atoms with Crippen LogP contribution in [0.1, 0.15) is 22.7 Å². The highest BCUT2D eigenvalue weighted by Gasteiger charge is 2.46. The number of hydrogen-bond acceptors (Lipinski definition) is 5. The molecule has 1 saturated heterocycles. The van der Waals surface area contributed by atoms with Gasteiger partial charge in [-0.15, -0.1) is 0 Å². The van der Waals surface area contributed by atoms with Gasteiger partial charge in [0.1, 0.15) is 5.76 Å². The first-order chi connectivity index (χ1) is 15.0. The maximum atomic E-state index is 14.2. The van der Waals surface area contributed by atoms with E-state index < -0.39 is 29.3 Å². The standard InChI is InChI=1S/C24H19FN2O4/c1-31-19-8-7-17(13-18(19)25)22(28)20-21(16-5-3-2-4-6-16)27(24(30)23(20)29)14-15-9-11-26-12-10-15/h2-13,21,28H,14H2,1H3/b22-20+. The van der Waals surface area contributed by atoms with Crippen LogP contribution in [-0.2, 0) is 16.1 Å². The van der Waals surface area contributed by atoms with Crippen LogP contribution in [0, 0.1) is 5.82 Å². The number of aliphatic hydroxyl groups excluding tert-OH is 1. The van der Waals surface area contributed by atoms with Crippen LogP contribution in [0.5, 0.6) is 5.75 Å². The number of hydrogen-bond donors (Lipinski definition) is 1. The zero-order valence-electron chi connectivity index (χ0n) is 16.7. The van der Waals surface area contributed by atoms with Crippen molar-refractivity contribution in [2.24, 2.45) is 0 Å². The van der Waals surface area contributed by atoms with Gasteiger partial charge < -0.3 is 14.7 Å². The van der Waals surface area contributed by atoms with Gasteiger partial charge in [0.15, 0.2) is 11.6 Å². The number of carbonyl (C=O) groups excluding carboxylic acids is 2. The van der Waals surface area contributed by atoms with Gasteiger partial charge in [0.05, 0.1) is 18.7 Å². The molecule has 0 radical (unpaired) electrons. The lowest BCUT2D eigenvalue weighted by atomic mass is 9.95.